The quantitative estimate of drug-likeness (QED) is 0.513. The van der Waals surface area contributed by atoms with E-state index in [2.05, 4.69) is 0 Å². The highest BCUT2D eigenvalue weighted by Gasteiger charge is 2.46. The second kappa shape index (κ2) is 6.23. The summed E-state index contributed by atoms with van der Waals surface area (Å²) in [6.07, 6.45) is 0.116. The highest BCUT2D eigenvalue weighted by Crippen LogP contribution is 2.42. The summed E-state index contributed by atoms with van der Waals surface area (Å²) in [6.45, 7) is 5.66. The molecule has 1 aliphatic rings. The third-order valence-corrected chi connectivity index (χ3v) is 5.41. The van der Waals surface area contributed by atoms with Gasteiger partial charge in [0.15, 0.2) is 5.71 Å². The molecular formula is C16H20NO7S+. The molecule has 1 aromatic rings. The molecule has 1 aliphatic heterocycles. The van der Waals surface area contributed by atoms with Gasteiger partial charge >= 0.3 is 11.9 Å². The maximum Gasteiger partial charge on any atom is 0.336 e. The summed E-state index contributed by atoms with van der Waals surface area (Å²) in [6, 6.07) is 2.54. The van der Waals surface area contributed by atoms with E-state index in [9.17, 15) is 28.2 Å². The molecule has 0 aliphatic carbocycles. The Labute approximate surface area is 145 Å². The maximum absolute atomic E-state index is 11.6. The van der Waals surface area contributed by atoms with Gasteiger partial charge in [0.25, 0.3) is 10.1 Å². The predicted molar refractivity (Wildman–Crippen MR) is 89.9 cm³/mol. The van der Waals surface area contributed by atoms with Crippen molar-refractivity contribution in [2.45, 2.75) is 32.6 Å². The number of carbonyl (C=O) groups is 2. The summed E-state index contributed by atoms with van der Waals surface area (Å²) in [5, 5.41) is 18.8. The van der Waals surface area contributed by atoms with Crippen molar-refractivity contribution in [3.8, 4) is 0 Å². The van der Waals surface area contributed by atoms with Crippen LogP contribution in [0.1, 0.15) is 53.5 Å². The molecular weight excluding hydrogens is 350 g/mol. The topological polar surface area (TPSA) is 132 Å². The molecule has 1 aromatic carbocycles. The number of carboxylic acid groups (broad SMARTS) is 2. The van der Waals surface area contributed by atoms with Gasteiger partial charge in [0.1, 0.15) is 6.54 Å². The summed E-state index contributed by atoms with van der Waals surface area (Å²) < 4.78 is 32.4. The molecule has 0 fully saturated rings. The van der Waals surface area contributed by atoms with Gasteiger partial charge in [-0.15, -0.1) is 0 Å². The largest absolute Gasteiger partial charge is 0.478 e. The maximum atomic E-state index is 11.6. The fourth-order valence-corrected chi connectivity index (χ4v) is 3.67. The number of nitrogens with zero attached hydrogens (tertiary/aromatic N) is 1. The Morgan fingerprint density at radius 3 is 2.24 bits per heavy atom. The molecule has 8 nitrogen and oxygen atoms in total. The van der Waals surface area contributed by atoms with Crippen LogP contribution in [0.4, 0.5) is 5.69 Å². The zero-order valence-electron chi connectivity index (χ0n) is 14.1. The van der Waals surface area contributed by atoms with Crippen molar-refractivity contribution >= 4 is 33.5 Å². The van der Waals surface area contributed by atoms with Gasteiger partial charge in [0.05, 0.1) is 27.9 Å². The number of hydrogen-bond donors (Lipinski definition) is 3. The molecule has 3 N–H and O–H groups in total. The first kappa shape index (κ1) is 19.1. The van der Waals surface area contributed by atoms with E-state index < -0.39 is 33.2 Å². The summed E-state index contributed by atoms with van der Waals surface area (Å²) >= 11 is 0. The van der Waals surface area contributed by atoms with Crippen molar-refractivity contribution in [3.05, 3.63) is 28.8 Å². The van der Waals surface area contributed by atoms with Crippen LogP contribution < -0.4 is 0 Å². The summed E-state index contributed by atoms with van der Waals surface area (Å²) in [7, 11) is -4.11. The summed E-state index contributed by atoms with van der Waals surface area (Å²) in [5.41, 5.74) is 0.823. The lowest BCUT2D eigenvalue weighted by Gasteiger charge is -2.17. The first-order valence-corrected chi connectivity index (χ1v) is 9.19. The Morgan fingerprint density at radius 1 is 1.16 bits per heavy atom. The minimum atomic E-state index is -4.11. The van der Waals surface area contributed by atoms with E-state index in [0.717, 1.165) is 11.8 Å². The number of fused-ring (bicyclic) bond motifs is 1. The summed E-state index contributed by atoms with van der Waals surface area (Å²) in [4.78, 5) is 23.0. The Hall–Kier alpha value is -2.26. The van der Waals surface area contributed by atoms with Crippen LogP contribution in [0.2, 0.25) is 0 Å². The molecule has 0 bridgehead atoms. The molecule has 0 amide bonds. The zero-order valence-corrected chi connectivity index (χ0v) is 14.9. The van der Waals surface area contributed by atoms with Gasteiger partial charge in [-0.3, -0.25) is 4.55 Å². The van der Waals surface area contributed by atoms with Gasteiger partial charge in [-0.1, -0.05) is 0 Å². The van der Waals surface area contributed by atoms with Crippen molar-refractivity contribution < 1.29 is 37.3 Å². The fourth-order valence-electron chi connectivity index (χ4n) is 3.18. The standard InChI is InChI=1S/C16H19NO7S/c1-9-16(2,3)13-11(15(20)21)7-10(14(18)19)8-12(13)17(9)5-4-6-25(22,23)24/h7-8H,4-6H2,1-3H3,(H2-,18,19,20,21,22,23,24)/p+1. The van der Waals surface area contributed by atoms with E-state index >= 15 is 0 Å². The monoisotopic (exact) mass is 370 g/mol. The molecule has 0 aromatic heterocycles. The predicted octanol–water partition coefficient (Wildman–Crippen LogP) is 1.76. The number of benzene rings is 1. The number of rotatable bonds is 6. The van der Waals surface area contributed by atoms with Crippen LogP contribution in [-0.2, 0) is 15.5 Å². The van der Waals surface area contributed by atoms with Crippen LogP contribution >= 0.6 is 0 Å². The molecule has 9 heteroatoms. The van der Waals surface area contributed by atoms with Crippen molar-refractivity contribution in [1.29, 1.82) is 0 Å². The van der Waals surface area contributed by atoms with Gasteiger partial charge in [0.2, 0.25) is 5.69 Å². The lowest BCUT2D eigenvalue weighted by molar-refractivity contribution is -0.438. The summed E-state index contributed by atoms with van der Waals surface area (Å²) in [5.74, 6) is -2.90. The zero-order chi connectivity index (χ0) is 19.2. The van der Waals surface area contributed by atoms with E-state index in [4.69, 9.17) is 4.55 Å². The highest BCUT2D eigenvalue weighted by molar-refractivity contribution is 7.85. The Morgan fingerprint density at radius 2 is 1.76 bits per heavy atom. The van der Waals surface area contributed by atoms with Gasteiger partial charge in [-0.05, 0) is 19.9 Å². The normalized spacial score (nSPS) is 16.0. The molecule has 0 spiro atoms. The smallest absolute Gasteiger partial charge is 0.336 e. The van der Waals surface area contributed by atoms with Crippen molar-refractivity contribution in [3.63, 3.8) is 0 Å². The van der Waals surface area contributed by atoms with Gasteiger partial charge < -0.3 is 10.2 Å². The van der Waals surface area contributed by atoms with E-state index in [1.807, 2.05) is 13.8 Å². The molecule has 0 saturated heterocycles. The van der Waals surface area contributed by atoms with Crippen LogP contribution in [0.15, 0.2) is 12.1 Å². The lowest BCUT2D eigenvalue weighted by atomic mass is 9.79. The van der Waals surface area contributed by atoms with Crippen molar-refractivity contribution in [2.75, 3.05) is 12.3 Å². The van der Waals surface area contributed by atoms with Crippen LogP contribution in [-0.4, -0.2) is 57.7 Å². The Bertz CT molecular complexity index is 897. The third-order valence-electron chi connectivity index (χ3n) is 4.60. The van der Waals surface area contributed by atoms with E-state index in [1.54, 1.807) is 11.5 Å². The Balaban J connectivity index is 2.60. The highest BCUT2D eigenvalue weighted by atomic mass is 32.2. The lowest BCUT2D eigenvalue weighted by Crippen LogP contribution is -2.28. The molecule has 0 saturated carbocycles. The van der Waals surface area contributed by atoms with E-state index in [0.29, 0.717) is 11.3 Å². The first-order valence-electron chi connectivity index (χ1n) is 7.58. The second-order valence-corrected chi connectivity index (χ2v) is 8.10. The molecule has 25 heavy (non-hydrogen) atoms. The number of aromatic carboxylic acids is 2. The molecule has 2 rings (SSSR count). The fraction of sp³-hybridized carbons (Fsp3) is 0.438. The van der Waals surface area contributed by atoms with Crippen LogP contribution in [0.25, 0.3) is 0 Å². The van der Waals surface area contributed by atoms with Crippen molar-refractivity contribution in [1.82, 2.24) is 0 Å². The SMILES string of the molecule is CC1=[N+](CCCS(=O)(=O)O)c2cc(C(=O)O)cc(C(=O)O)c2C1(C)C. The minimum Gasteiger partial charge on any atom is -0.478 e. The van der Waals surface area contributed by atoms with Gasteiger partial charge in [-0.25, -0.2) is 9.59 Å². The average Bonchev–Trinajstić information content (AvgIpc) is 2.66. The van der Waals surface area contributed by atoms with E-state index in [1.165, 1.54) is 6.07 Å². The van der Waals surface area contributed by atoms with E-state index in [-0.39, 0.29) is 24.1 Å². The molecule has 0 atom stereocenters. The van der Waals surface area contributed by atoms with Crippen molar-refractivity contribution in [2.24, 2.45) is 0 Å². The average molecular weight is 370 g/mol. The number of carboxylic acids is 2. The Kier molecular flexibility index (Phi) is 4.75. The van der Waals surface area contributed by atoms with Gasteiger partial charge in [-0.2, -0.15) is 13.0 Å². The molecule has 1 heterocycles. The van der Waals surface area contributed by atoms with Crippen LogP contribution in [0.3, 0.4) is 0 Å². The molecule has 0 radical (unpaired) electrons. The molecule has 0 unspecified atom stereocenters. The second-order valence-electron chi connectivity index (χ2n) is 6.53. The first-order chi connectivity index (χ1) is 11.4. The van der Waals surface area contributed by atoms with Gasteiger partial charge in [0, 0.05) is 19.4 Å². The third kappa shape index (κ3) is 3.57. The van der Waals surface area contributed by atoms with Crippen LogP contribution in [0, 0.1) is 0 Å². The molecule has 136 valence electrons. The number of hydrogen-bond acceptors (Lipinski definition) is 4. The van der Waals surface area contributed by atoms with Crippen LogP contribution in [0.5, 0.6) is 0 Å². The minimum absolute atomic E-state index is 0.0865.